The highest BCUT2D eigenvalue weighted by atomic mass is 32.1. The van der Waals surface area contributed by atoms with Gasteiger partial charge >= 0.3 is 0 Å². The predicted molar refractivity (Wildman–Crippen MR) is 104 cm³/mol. The van der Waals surface area contributed by atoms with E-state index in [0.717, 1.165) is 42.0 Å². The van der Waals surface area contributed by atoms with Crippen molar-refractivity contribution in [2.24, 2.45) is 0 Å². The smallest absolute Gasteiger partial charge is 0.246 e. The van der Waals surface area contributed by atoms with Gasteiger partial charge in [-0.05, 0) is 27.4 Å². The van der Waals surface area contributed by atoms with E-state index in [1.807, 2.05) is 48.3 Å². The molecule has 1 N–H and O–H groups in total. The molecule has 0 aromatic carbocycles. The summed E-state index contributed by atoms with van der Waals surface area (Å²) >= 11 is 1.53. The van der Waals surface area contributed by atoms with Crippen molar-refractivity contribution in [1.29, 1.82) is 0 Å². The van der Waals surface area contributed by atoms with E-state index >= 15 is 0 Å². The standard InChI is InChI=1S/C18H24N6OS/c1-13-20-15(11-16(21-13)22-18-19-7-10-26-18)14-6-9-24(12-14)17(25)5-4-8-23(2)3/h4-5,7,10-11,14H,6,8-9,12H2,1-3H3,(H,19,20,21,22)/b5-4+/t14-/m1/s1. The molecule has 138 valence electrons. The second-order valence-corrected chi connectivity index (χ2v) is 7.52. The number of thiazole rings is 1. The molecule has 1 fully saturated rings. The molecule has 0 spiro atoms. The van der Waals surface area contributed by atoms with E-state index < -0.39 is 0 Å². The van der Waals surface area contributed by atoms with Crippen LogP contribution in [0.15, 0.2) is 29.8 Å². The molecular weight excluding hydrogens is 348 g/mol. The van der Waals surface area contributed by atoms with Gasteiger partial charge in [0.25, 0.3) is 0 Å². The van der Waals surface area contributed by atoms with E-state index in [1.54, 1.807) is 12.3 Å². The van der Waals surface area contributed by atoms with Crippen molar-refractivity contribution >= 4 is 28.2 Å². The fourth-order valence-corrected chi connectivity index (χ4v) is 3.47. The first-order chi connectivity index (χ1) is 12.5. The average Bonchev–Trinajstić information content (AvgIpc) is 3.25. The number of hydrogen-bond acceptors (Lipinski definition) is 7. The number of carbonyl (C=O) groups excluding carboxylic acids is 1. The first-order valence-corrected chi connectivity index (χ1v) is 9.51. The second-order valence-electron chi connectivity index (χ2n) is 6.62. The second kappa shape index (κ2) is 8.37. The maximum atomic E-state index is 12.3. The number of anilines is 2. The van der Waals surface area contributed by atoms with Gasteiger partial charge in [0, 0.05) is 49.3 Å². The molecule has 2 aromatic heterocycles. The Kier molecular flexibility index (Phi) is 5.95. The Morgan fingerprint density at radius 3 is 3.04 bits per heavy atom. The Bertz CT molecular complexity index is 774. The van der Waals surface area contributed by atoms with Crippen molar-refractivity contribution in [1.82, 2.24) is 24.8 Å². The number of likely N-dealkylation sites (N-methyl/N-ethyl adjacent to an activating group) is 1. The van der Waals surface area contributed by atoms with Gasteiger partial charge in [-0.25, -0.2) is 15.0 Å². The third kappa shape index (κ3) is 4.86. The first kappa shape index (κ1) is 18.5. The maximum absolute atomic E-state index is 12.3. The molecular formula is C18H24N6OS. The van der Waals surface area contributed by atoms with Crippen LogP contribution in [0, 0.1) is 6.92 Å². The zero-order valence-electron chi connectivity index (χ0n) is 15.3. The summed E-state index contributed by atoms with van der Waals surface area (Å²) in [4.78, 5) is 29.5. The van der Waals surface area contributed by atoms with Crippen LogP contribution in [0.1, 0.15) is 23.9 Å². The van der Waals surface area contributed by atoms with Crippen LogP contribution in [-0.4, -0.2) is 64.4 Å². The Morgan fingerprint density at radius 2 is 2.31 bits per heavy atom. The third-order valence-electron chi connectivity index (χ3n) is 4.17. The zero-order chi connectivity index (χ0) is 18.5. The number of aromatic nitrogens is 3. The largest absolute Gasteiger partial charge is 0.338 e. The zero-order valence-corrected chi connectivity index (χ0v) is 16.2. The molecule has 0 bridgehead atoms. The summed E-state index contributed by atoms with van der Waals surface area (Å²) in [6.07, 6.45) is 6.25. The highest BCUT2D eigenvalue weighted by Crippen LogP contribution is 2.28. The van der Waals surface area contributed by atoms with Crippen LogP contribution in [0.2, 0.25) is 0 Å². The van der Waals surface area contributed by atoms with E-state index in [1.165, 1.54) is 11.3 Å². The lowest BCUT2D eigenvalue weighted by Gasteiger charge is -2.15. The predicted octanol–water partition coefficient (Wildman–Crippen LogP) is 2.42. The van der Waals surface area contributed by atoms with E-state index in [-0.39, 0.29) is 11.8 Å². The molecule has 1 atom stereocenters. The van der Waals surface area contributed by atoms with Crippen molar-refractivity contribution in [3.05, 3.63) is 41.3 Å². The van der Waals surface area contributed by atoms with Gasteiger partial charge in [0.2, 0.25) is 5.91 Å². The van der Waals surface area contributed by atoms with Gasteiger partial charge in [0.15, 0.2) is 5.13 Å². The van der Waals surface area contributed by atoms with Crippen molar-refractivity contribution in [2.45, 2.75) is 19.3 Å². The van der Waals surface area contributed by atoms with Crippen LogP contribution >= 0.6 is 11.3 Å². The molecule has 0 radical (unpaired) electrons. The van der Waals surface area contributed by atoms with E-state index in [0.29, 0.717) is 6.54 Å². The lowest BCUT2D eigenvalue weighted by atomic mass is 10.0. The van der Waals surface area contributed by atoms with Crippen LogP contribution in [0.25, 0.3) is 0 Å². The topological polar surface area (TPSA) is 74.2 Å². The number of amides is 1. The Balaban J connectivity index is 1.65. The monoisotopic (exact) mass is 372 g/mol. The van der Waals surface area contributed by atoms with Gasteiger partial charge in [-0.2, -0.15) is 0 Å². The minimum absolute atomic E-state index is 0.0706. The molecule has 0 unspecified atom stereocenters. The highest BCUT2D eigenvalue weighted by molar-refractivity contribution is 7.13. The first-order valence-electron chi connectivity index (χ1n) is 8.63. The summed E-state index contributed by atoms with van der Waals surface area (Å²) in [5.41, 5.74) is 0.976. The molecule has 7 nitrogen and oxygen atoms in total. The fraction of sp³-hybridized carbons (Fsp3) is 0.444. The molecule has 2 aromatic rings. The number of rotatable bonds is 6. The van der Waals surface area contributed by atoms with Gasteiger partial charge in [-0.3, -0.25) is 4.79 Å². The van der Waals surface area contributed by atoms with Crippen LogP contribution in [0.4, 0.5) is 10.9 Å². The van der Waals surface area contributed by atoms with Crippen molar-refractivity contribution < 1.29 is 4.79 Å². The fourth-order valence-electron chi connectivity index (χ4n) is 2.93. The van der Waals surface area contributed by atoms with Crippen molar-refractivity contribution in [3.63, 3.8) is 0 Å². The molecule has 0 aliphatic carbocycles. The third-order valence-corrected chi connectivity index (χ3v) is 4.86. The molecule has 0 saturated carbocycles. The Labute approximate surface area is 157 Å². The van der Waals surface area contributed by atoms with Gasteiger partial charge in [0.1, 0.15) is 11.6 Å². The van der Waals surface area contributed by atoms with Gasteiger partial charge in [-0.15, -0.1) is 11.3 Å². The van der Waals surface area contributed by atoms with Crippen molar-refractivity contribution in [2.75, 3.05) is 39.0 Å². The number of carbonyl (C=O) groups is 1. The van der Waals surface area contributed by atoms with Gasteiger partial charge < -0.3 is 15.1 Å². The number of hydrogen-bond donors (Lipinski definition) is 1. The summed E-state index contributed by atoms with van der Waals surface area (Å²) < 4.78 is 0. The summed E-state index contributed by atoms with van der Waals surface area (Å²) in [7, 11) is 3.96. The maximum Gasteiger partial charge on any atom is 0.246 e. The normalized spacial score (nSPS) is 17.4. The Hall–Kier alpha value is -2.32. The van der Waals surface area contributed by atoms with Crippen LogP contribution in [0.5, 0.6) is 0 Å². The van der Waals surface area contributed by atoms with Crippen LogP contribution in [-0.2, 0) is 4.79 Å². The summed E-state index contributed by atoms with van der Waals surface area (Å²) in [5, 5.41) is 5.95. The molecule has 3 rings (SSSR count). The number of likely N-dealkylation sites (tertiary alicyclic amines) is 1. The molecule has 1 amide bonds. The van der Waals surface area contributed by atoms with Crippen LogP contribution in [0.3, 0.4) is 0 Å². The average molecular weight is 372 g/mol. The molecule has 1 aliphatic rings. The molecule has 3 heterocycles. The SMILES string of the molecule is Cc1nc(Nc2nccs2)cc([C@@H]2CCN(C(=O)/C=C/CN(C)C)C2)n1. The quantitative estimate of drug-likeness (QED) is 0.785. The van der Waals surface area contributed by atoms with Crippen LogP contribution < -0.4 is 5.32 Å². The minimum atomic E-state index is 0.0706. The minimum Gasteiger partial charge on any atom is -0.338 e. The molecule has 1 aliphatic heterocycles. The number of nitrogens with zero attached hydrogens (tertiary/aromatic N) is 5. The lowest BCUT2D eigenvalue weighted by molar-refractivity contribution is -0.125. The summed E-state index contributed by atoms with van der Waals surface area (Å²) in [6, 6.07) is 1.97. The number of aryl methyl sites for hydroxylation is 1. The lowest BCUT2D eigenvalue weighted by Crippen LogP contribution is -2.27. The summed E-state index contributed by atoms with van der Waals surface area (Å²) in [6.45, 7) is 4.10. The molecule has 26 heavy (non-hydrogen) atoms. The van der Waals surface area contributed by atoms with Gasteiger partial charge in [0.05, 0.1) is 5.69 Å². The van der Waals surface area contributed by atoms with Crippen molar-refractivity contribution in [3.8, 4) is 0 Å². The van der Waals surface area contributed by atoms with E-state index in [2.05, 4.69) is 20.3 Å². The Morgan fingerprint density at radius 1 is 1.46 bits per heavy atom. The summed E-state index contributed by atoms with van der Waals surface area (Å²) in [5.74, 6) is 1.77. The van der Waals surface area contributed by atoms with E-state index in [4.69, 9.17) is 0 Å². The van der Waals surface area contributed by atoms with Gasteiger partial charge in [-0.1, -0.05) is 6.08 Å². The molecule has 1 saturated heterocycles. The highest BCUT2D eigenvalue weighted by Gasteiger charge is 2.27. The number of nitrogens with one attached hydrogen (secondary N) is 1. The van der Waals surface area contributed by atoms with E-state index in [9.17, 15) is 4.79 Å². The molecule has 8 heteroatoms.